The van der Waals surface area contributed by atoms with Gasteiger partial charge in [0.1, 0.15) is 11.8 Å². The molecule has 0 aliphatic heterocycles. The Labute approximate surface area is 125 Å². The summed E-state index contributed by atoms with van der Waals surface area (Å²) in [6, 6.07) is 17.2. The Morgan fingerprint density at radius 3 is 2.59 bits per heavy atom. The minimum absolute atomic E-state index is 0.0504. The van der Waals surface area contributed by atoms with E-state index >= 15 is 0 Å². The Kier molecular flexibility index (Phi) is 3.34. The molecule has 3 aromatic rings. The Bertz CT molecular complexity index is 880. The molecule has 106 valence electrons. The van der Waals surface area contributed by atoms with Crippen LogP contribution in [0.5, 0.6) is 0 Å². The van der Waals surface area contributed by atoms with Gasteiger partial charge in [-0.2, -0.15) is 5.26 Å². The lowest BCUT2D eigenvalue weighted by Gasteiger charge is -2.06. The Hall–Kier alpha value is -3.53. The van der Waals surface area contributed by atoms with E-state index in [0.29, 0.717) is 11.4 Å². The molecule has 0 unspecified atom stereocenters. The second-order valence-corrected chi connectivity index (χ2v) is 4.45. The van der Waals surface area contributed by atoms with Crippen LogP contribution in [0.2, 0.25) is 0 Å². The highest BCUT2D eigenvalue weighted by Gasteiger charge is 2.17. The molecule has 0 fully saturated rings. The average Bonchev–Trinajstić information content (AvgIpc) is 2.99. The summed E-state index contributed by atoms with van der Waals surface area (Å²) in [5.41, 5.74) is 1.85. The standard InChI is InChI=1S/C15H9N5O2/c16-10-14-15(11-5-2-1-3-6-11)19(18-17-14)12-7-4-8-13(9-12)20(21)22/h1-9H. The molecule has 0 radical (unpaired) electrons. The van der Waals surface area contributed by atoms with Crippen molar-refractivity contribution in [2.45, 2.75) is 0 Å². The van der Waals surface area contributed by atoms with Crippen molar-refractivity contribution in [1.29, 1.82) is 5.26 Å². The number of nitrogens with zero attached hydrogens (tertiary/aromatic N) is 5. The fraction of sp³-hybridized carbons (Fsp3) is 0. The van der Waals surface area contributed by atoms with Crippen LogP contribution in [0.1, 0.15) is 5.69 Å². The van der Waals surface area contributed by atoms with Gasteiger partial charge < -0.3 is 0 Å². The molecule has 7 nitrogen and oxygen atoms in total. The number of nitriles is 1. The SMILES string of the molecule is N#Cc1nnn(-c2cccc([N+](=O)[O-])c2)c1-c1ccccc1. The highest BCUT2D eigenvalue weighted by atomic mass is 16.6. The molecule has 0 atom stereocenters. The fourth-order valence-electron chi connectivity index (χ4n) is 2.13. The van der Waals surface area contributed by atoms with Gasteiger partial charge in [0.25, 0.3) is 5.69 Å². The Balaban J connectivity index is 2.21. The maximum atomic E-state index is 10.9. The predicted molar refractivity (Wildman–Crippen MR) is 78.2 cm³/mol. The minimum Gasteiger partial charge on any atom is -0.258 e. The molecule has 0 spiro atoms. The van der Waals surface area contributed by atoms with Crippen LogP contribution in [-0.4, -0.2) is 19.9 Å². The zero-order valence-electron chi connectivity index (χ0n) is 11.2. The van der Waals surface area contributed by atoms with E-state index in [-0.39, 0.29) is 11.4 Å². The molecule has 1 aromatic heterocycles. The van der Waals surface area contributed by atoms with Gasteiger partial charge in [0.05, 0.1) is 10.6 Å². The minimum atomic E-state index is -0.478. The smallest absolute Gasteiger partial charge is 0.258 e. The van der Waals surface area contributed by atoms with Gasteiger partial charge >= 0.3 is 0 Å². The molecule has 0 saturated heterocycles. The lowest BCUT2D eigenvalue weighted by Crippen LogP contribution is -2.00. The summed E-state index contributed by atoms with van der Waals surface area (Å²) in [7, 11) is 0. The predicted octanol–water partition coefficient (Wildman–Crippen LogP) is 2.71. The summed E-state index contributed by atoms with van der Waals surface area (Å²) in [5.74, 6) is 0. The van der Waals surface area contributed by atoms with Gasteiger partial charge in [-0.15, -0.1) is 5.10 Å². The number of non-ortho nitro benzene ring substituents is 1. The highest BCUT2D eigenvalue weighted by molar-refractivity contribution is 5.67. The lowest BCUT2D eigenvalue weighted by atomic mass is 10.1. The number of rotatable bonds is 3. The molecular formula is C15H9N5O2. The summed E-state index contributed by atoms with van der Waals surface area (Å²) >= 11 is 0. The van der Waals surface area contributed by atoms with Gasteiger partial charge in [-0.3, -0.25) is 10.1 Å². The summed E-state index contributed by atoms with van der Waals surface area (Å²) in [6.45, 7) is 0. The van der Waals surface area contributed by atoms with Crippen molar-refractivity contribution in [2.24, 2.45) is 0 Å². The van der Waals surface area contributed by atoms with Crippen molar-refractivity contribution in [3.8, 4) is 23.0 Å². The molecule has 3 rings (SSSR count). The Morgan fingerprint density at radius 1 is 1.14 bits per heavy atom. The third-order valence-electron chi connectivity index (χ3n) is 3.11. The third-order valence-corrected chi connectivity index (χ3v) is 3.11. The molecule has 0 N–H and O–H groups in total. The van der Waals surface area contributed by atoms with Crippen LogP contribution >= 0.6 is 0 Å². The van der Waals surface area contributed by atoms with Gasteiger partial charge in [0.15, 0.2) is 5.69 Å². The van der Waals surface area contributed by atoms with Crippen LogP contribution in [0, 0.1) is 21.4 Å². The lowest BCUT2D eigenvalue weighted by molar-refractivity contribution is -0.384. The van der Waals surface area contributed by atoms with E-state index in [0.717, 1.165) is 5.56 Å². The van der Waals surface area contributed by atoms with Crippen LogP contribution in [0.25, 0.3) is 16.9 Å². The van der Waals surface area contributed by atoms with Crippen LogP contribution in [0.15, 0.2) is 54.6 Å². The average molecular weight is 291 g/mol. The summed E-state index contributed by atoms with van der Waals surface area (Å²) in [5, 5.41) is 27.9. The fourth-order valence-corrected chi connectivity index (χ4v) is 2.13. The number of aromatic nitrogens is 3. The molecule has 0 aliphatic carbocycles. The van der Waals surface area contributed by atoms with Gasteiger partial charge in [-0.25, -0.2) is 4.68 Å². The maximum absolute atomic E-state index is 10.9. The van der Waals surface area contributed by atoms with E-state index in [4.69, 9.17) is 0 Å². The molecule has 7 heteroatoms. The van der Waals surface area contributed by atoms with E-state index in [1.807, 2.05) is 36.4 Å². The van der Waals surface area contributed by atoms with E-state index in [1.165, 1.54) is 16.8 Å². The molecule has 0 saturated carbocycles. The number of hydrogen-bond acceptors (Lipinski definition) is 5. The molecule has 0 aliphatic rings. The van der Waals surface area contributed by atoms with Crippen LogP contribution < -0.4 is 0 Å². The van der Waals surface area contributed by atoms with Crippen LogP contribution in [0.3, 0.4) is 0 Å². The van der Waals surface area contributed by atoms with Gasteiger partial charge in [0, 0.05) is 17.7 Å². The molecule has 22 heavy (non-hydrogen) atoms. The van der Waals surface area contributed by atoms with E-state index < -0.39 is 4.92 Å². The summed E-state index contributed by atoms with van der Waals surface area (Å²) < 4.78 is 1.43. The zero-order chi connectivity index (χ0) is 15.5. The maximum Gasteiger partial charge on any atom is 0.271 e. The van der Waals surface area contributed by atoms with Crippen LogP contribution in [-0.2, 0) is 0 Å². The summed E-state index contributed by atoms with van der Waals surface area (Å²) in [4.78, 5) is 10.4. The highest BCUT2D eigenvalue weighted by Crippen LogP contribution is 2.26. The second-order valence-electron chi connectivity index (χ2n) is 4.45. The normalized spacial score (nSPS) is 10.1. The summed E-state index contributed by atoms with van der Waals surface area (Å²) in [6.07, 6.45) is 0. The van der Waals surface area contributed by atoms with Crippen LogP contribution in [0.4, 0.5) is 5.69 Å². The Morgan fingerprint density at radius 2 is 1.91 bits per heavy atom. The van der Waals surface area contributed by atoms with Gasteiger partial charge in [-0.05, 0) is 6.07 Å². The number of benzene rings is 2. The molecule has 1 heterocycles. The first-order chi connectivity index (χ1) is 10.7. The van der Waals surface area contributed by atoms with Crippen molar-refractivity contribution in [2.75, 3.05) is 0 Å². The monoisotopic (exact) mass is 291 g/mol. The van der Waals surface area contributed by atoms with E-state index in [9.17, 15) is 15.4 Å². The molecule has 0 amide bonds. The van der Waals surface area contributed by atoms with Crippen molar-refractivity contribution in [3.05, 3.63) is 70.4 Å². The first-order valence-corrected chi connectivity index (χ1v) is 6.37. The van der Waals surface area contributed by atoms with Crippen molar-refractivity contribution in [1.82, 2.24) is 15.0 Å². The van der Waals surface area contributed by atoms with E-state index in [1.54, 1.807) is 12.1 Å². The van der Waals surface area contributed by atoms with Gasteiger partial charge in [0.2, 0.25) is 0 Å². The first kappa shape index (κ1) is 13.5. The quantitative estimate of drug-likeness (QED) is 0.546. The number of hydrogen-bond donors (Lipinski definition) is 0. The van der Waals surface area contributed by atoms with Gasteiger partial charge in [-0.1, -0.05) is 41.6 Å². The van der Waals surface area contributed by atoms with Crippen molar-refractivity contribution >= 4 is 5.69 Å². The van der Waals surface area contributed by atoms with Crippen molar-refractivity contribution in [3.63, 3.8) is 0 Å². The molecule has 2 aromatic carbocycles. The topological polar surface area (TPSA) is 97.6 Å². The van der Waals surface area contributed by atoms with Crippen molar-refractivity contribution < 1.29 is 4.92 Å². The zero-order valence-corrected chi connectivity index (χ0v) is 11.2. The molecular weight excluding hydrogens is 282 g/mol. The van der Waals surface area contributed by atoms with E-state index in [2.05, 4.69) is 10.3 Å². The third kappa shape index (κ3) is 2.29. The number of nitro benzene ring substituents is 1. The molecule has 0 bridgehead atoms. The number of nitro groups is 1. The largest absolute Gasteiger partial charge is 0.271 e. The first-order valence-electron chi connectivity index (χ1n) is 6.37. The second kappa shape index (κ2) is 5.46.